The summed E-state index contributed by atoms with van der Waals surface area (Å²) in [6.07, 6.45) is 2.09. The summed E-state index contributed by atoms with van der Waals surface area (Å²) in [5, 5.41) is 8.88. The number of aryl methyl sites for hydroxylation is 1. The van der Waals surface area contributed by atoms with Crippen LogP contribution in [-0.2, 0) is 6.54 Å². The summed E-state index contributed by atoms with van der Waals surface area (Å²) in [4.78, 5) is 17.8. The van der Waals surface area contributed by atoms with E-state index < -0.39 is 0 Å². The van der Waals surface area contributed by atoms with Crippen molar-refractivity contribution in [3.05, 3.63) is 47.0 Å². The molecule has 22 heavy (non-hydrogen) atoms. The van der Waals surface area contributed by atoms with Crippen LogP contribution in [0, 0.1) is 0 Å². The van der Waals surface area contributed by atoms with Crippen LogP contribution in [-0.4, -0.2) is 28.4 Å². The third kappa shape index (κ3) is 2.75. The molecule has 0 bridgehead atoms. The number of aliphatic hydroxyl groups is 1. The fourth-order valence-corrected chi connectivity index (χ4v) is 3.31. The van der Waals surface area contributed by atoms with Crippen molar-refractivity contribution in [2.24, 2.45) is 0 Å². The SMILES string of the molecule is COc1ccc(-c2cc3ncn(CCCO)c(=O)c3s2)cc1. The molecular weight excluding hydrogens is 300 g/mol. The highest BCUT2D eigenvalue weighted by Crippen LogP contribution is 2.31. The van der Waals surface area contributed by atoms with Crippen LogP contribution in [0.1, 0.15) is 6.42 Å². The summed E-state index contributed by atoms with van der Waals surface area (Å²) in [6, 6.07) is 9.65. The quantitative estimate of drug-likeness (QED) is 0.785. The fraction of sp³-hybridized carbons (Fsp3) is 0.250. The summed E-state index contributed by atoms with van der Waals surface area (Å²) in [5.74, 6) is 0.800. The van der Waals surface area contributed by atoms with E-state index in [1.54, 1.807) is 18.0 Å². The van der Waals surface area contributed by atoms with Gasteiger partial charge in [0, 0.05) is 18.0 Å². The van der Waals surface area contributed by atoms with Gasteiger partial charge in [-0.25, -0.2) is 4.98 Å². The van der Waals surface area contributed by atoms with E-state index in [9.17, 15) is 4.79 Å². The van der Waals surface area contributed by atoms with Crippen LogP contribution in [0.3, 0.4) is 0 Å². The van der Waals surface area contributed by atoms with Crippen LogP contribution in [0.15, 0.2) is 41.5 Å². The molecule has 0 aliphatic carbocycles. The lowest BCUT2D eigenvalue weighted by atomic mass is 10.2. The van der Waals surface area contributed by atoms with Gasteiger partial charge in [-0.3, -0.25) is 9.36 Å². The Hall–Kier alpha value is -2.18. The van der Waals surface area contributed by atoms with Gasteiger partial charge in [-0.15, -0.1) is 11.3 Å². The van der Waals surface area contributed by atoms with Crippen molar-refractivity contribution in [2.75, 3.05) is 13.7 Å². The first-order valence-corrected chi connectivity index (χ1v) is 7.79. The van der Waals surface area contributed by atoms with Crippen molar-refractivity contribution in [3.8, 4) is 16.2 Å². The maximum Gasteiger partial charge on any atom is 0.271 e. The maximum atomic E-state index is 12.4. The average Bonchev–Trinajstić information content (AvgIpc) is 2.99. The number of hydrogen-bond donors (Lipinski definition) is 1. The molecule has 0 radical (unpaired) electrons. The van der Waals surface area contributed by atoms with Gasteiger partial charge >= 0.3 is 0 Å². The molecule has 6 heteroatoms. The van der Waals surface area contributed by atoms with Gasteiger partial charge < -0.3 is 9.84 Å². The minimum absolute atomic E-state index is 0.0526. The number of benzene rings is 1. The minimum atomic E-state index is -0.0526. The average molecular weight is 316 g/mol. The Morgan fingerprint density at radius 2 is 2.09 bits per heavy atom. The third-order valence-electron chi connectivity index (χ3n) is 3.44. The van der Waals surface area contributed by atoms with Crippen LogP contribution in [0.4, 0.5) is 0 Å². The van der Waals surface area contributed by atoms with Crippen LogP contribution >= 0.6 is 11.3 Å². The molecule has 0 amide bonds. The van der Waals surface area contributed by atoms with E-state index in [0.717, 1.165) is 16.2 Å². The molecule has 1 aromatic carbocycles. The van der Waals surface area contributed by atoms with Crippen molar-refractivity contribution in [1.82, 2.24) is 9.55 Å². The van der Waals surface area contributed by atoms with Crippen molar-refractivity contribution in [2.45, 2.75) is 13.0 Å². The van der Waals surface area contributed by atoms with Gasteiger partial charge in [0.2, 0.25) is 0 Å². The number of aliphatic hydroxyl groups excluding tert-OH is 1. The van der Waals surface area contributed by atoms with Gasteiger partial charge in [0.05, 0.1) is 19.0 Å². The molecule has 0 unspecified atom stereocenters. The predicted octanol–water partition coefficient (Wildman–Crippen LogP) is 2.52. The first kappa shape index (κ1) is 14.7. The van der Waals surface area contributed by atoms with Crippen LogP contribution in [0.5, 0.6) is 5.75 Å². The smallest absolute Gasteiger partial charge is 0.271 e. The topological polar surface area (TPSA) is 64.3 Å². The second-order valence-corrected chi connectivity index (χ2v) is 5.93. The highest BCUT2D eigenvalue weighted by molar-refractivity contribution is 7.22. The largest absolute Gasteiger partial charge is 0.497 e. The molecule has 1 N–H and O–H groups in total. The Labute approximate surface area is 131 Å². The molecule has 0 saturated carbocycles. The van der Waals surface area contributed by atoms with Gasteiger partial charge in [-0.05, 0) is 42.3 Å². The highest BCUT2D eigenvalue weighted by atomic mass is 32.1. The minimum Gasteiger partial charge on any atom is -0.497 e. The van der Waals surface area contributed by atoms with Crippen molar-refractivity contribution < 1.29 is 9.84 Å². The molecule has 0 fully saturated rings. The number of fused-ring (bicyclic) bond motifs is 1. The molecule has 5 nitrogen and oxygen atoms in total. The van der Waals surface area contributed by atoms with E-state index in [-0.39, 0.29) is 12.2 Å². The number of rotatable bonds is 5. The normalized spacial score (nSPS) is 11.0. The molecule has 0 aliphatic rings. The van der Waals surface area contributed by atoms with Crippen molar-refractivity contribution in [1.29, 1.82) is 0 Å². The number of nitrogens with zero attached hydrogens (tertiary/aromatic N) is 2. The molecule has 3 aromatic rings. The summed E-state index contributed by atoms with van der Waals surface area (Å²) in [6.45, 7) is 0.542. The molecular formula is C16H16N2O3S. The molecule has 2 heterocycles. The highest BCUT2D eigenvalue weighted by Gasteiger charge is 2.10. The number of ether oxygens (including phenoxy) is 1. The monoisotopic (exact) mass is 316 g/mol. The van der Waals surface area contributed by atoms with E-state index in [0.29, 0.717) is 23.2 Å². The zero-order valence-corrected chi connectivity index (χ0v) is 13.0. The molecule has 3 rings (SSSR count). The Morgan fingerprint density at radius 1 is 1.32 bits per heavy atom. The standard InChI is InChI=1S/C16H16N2O3S/c1-21-12-5-3-11(4-6-12)14-9-13-15(22-14)16(20)18(10-17-13)7-2-8-19/h3-6,9-10,19H,2,7-8H2,1H3. The molecule has 0 spiro atoms. The first-order chi connectivity index (χ1) is 10.7. The Bertz CT molecular complexity index is 837. The van der Waals surface area contributed by atoms with Crippen LogP contribution in [0.25, 0.3) is 20.7 Å². The molecule has 114 valence electrons. The maximum absolute atomic E-state index is 12.4. The number of hydrogen-bond acceptors (Lipinski definition) is 5. The third-order valence-corrected chi connectivity index (χ3v) is 4.60. The number of methoxy groups -OCH3 is 1. The van der Waals surface area contributed by atoms with E-state index in [4.69, 9.17) is 9.84 Å². The van der Waals surface area contributed by atoms with Gasteiger partial charge in [0.15, 0.2) is 0 Å². The van der Waals surface area contributed by atoms with Gasteiger partial charge in [0.1, 0.15) is 10.4 Å². The lowest BCUT2D eigenvalue weighted by molar-refractivity contribution is 0.279. The predicted molar refractivity (Wildman–Crippen MR) is 87.6 cm³/mol. The Morgan fingerprint density at radius 3 is 2.77 bits per heavy atom. The van der Waals surface area contributed by atoms with E-state index in [1.807, 2.05) is 30.3 Å². The van der Waals surface area contributed by atoms with Crippen LogP contribution < -0.4 is 10.3 Å². The van der Waals surface area contributed by atoms with Crippen molar-refractivity contribution in [3.63, 3.8) is 0 Å². The summed E-state index contributed by atoms with van der Waals surface area (Å²) in [5.41, 5.74) is 1.69. The summed E-state index contributed by atoms with van der Waals surface area (Å²) < 4.78 is 7.35. The van der Waals surface area contributed by atoms with Gasteiger partial charge in [-0.2, -0.15) is 0 Å². The molecule has 0 atom stereocenters. The lowest BCUT2D eigenvalue weighted by Gasteiger charge is -2.02. The summed E-state index contributed by atoms with van der Waals surface area (Å²) >= 11 is 1.44. The Kier molecular flexibility index (Phi) is 4.22. The van der Waals surface area contributed by atoms with E-state index >= 15 is 0 Å². The molecule has 0 saturated heterocycles. The van der Waals surface area contributed by atoms with E-state index in [2.05, 4.69) is 4.98 Å². The van der Waals surface area contributed by atoms with Crippen LogP contribution in [0.2, 0.25) is 0 Å². The summed E-state index contributed by atoms with van der Waals surface area (Å²) in [7, 11) is 1.63. The van der Waals surface area contributed by atoms with Gasteiger partial charge in [-0.1, -0.05) is 0 Å². The Balaban J connectivity index is 2.01. The first-order valence-electron chi connectivity index (χ1n) is 6.97. The zero-order chi connectivity index (χ0) is 15.5. The molecule has 0 aliphatic heterocycles. The fourth-order valence-electron chi connectivity index (χ4n) is 2.24. The molecule has 2 aromatic heterocycles. The number of aromatic nitrogens is 2. The second kappa shape index (κ2) is 6.29. The number of thiophene rings is 1. The van der Waals surface area contributed by atoms with E-state index in [1.165, 1.54) is 11.3 Å². The van der Waals surface area contributed by atoms with Crippen molar-refractivity contribution >= 4 is 21.6 Å². The lowest BCUT2D eigenvalue weighted by Crippen LogP contribution is -2.20. The zero-order valence-electron chi connectivity index (χ0n) is 12.2. The van der Waals surface area contributed by atoms with Gasteiger partial charge in [0.25, 0.3) is 5.56 Å². The second-order valence-electron chi connectivity index (χ2n) is 4.87.